The number of H-pyrrole nitrogens is 1. The van der Waals surface area contributed by atoms with Crippen LogP contribution in [0.2, 0.25) is 0 Å². The van der Waals surface area contributed by atoms with Gasteiger partial charge in [0, 0.05) is 43.7 Å². The smallest absolute Gasteiger partial charge is 0.298 e. The minimum Gasteiger partial charge on any atom is -0.369 e. The Labute approximate surface area is 176 Å². The van der Waals surface area contributed by atoms with Gasteiger partial charge in [0.25, 0.3) is 5.91 Å². The number of aromatic amines is 1. The van der Waals surface area contributed by atoms with Crippen LogP contribution in [0.15, 0.2) is 6.07 Å². The number of amides is 2. The fraction of sp³-hybridized carbons (Fsp3) is 0.478. The van der Waals surface area contributed by atoms with E-state index in [0.29, 0.717) is 30.8 Å². The maximum absolute atomic E-state index is 15.3. The SMILES string of the molecule is CCC#CC(=O)N(C)[C@H]1CCCN(c2c(F)cc(CC(N)=O)c3[nH]c(C)c(C)c23)C1. The standard InChI is InChI=1S/C23H29FN4O2/c1-5-6-9-20(30)27(4)17-8-7-10-28(13-17)23-18(24)11-16(12-19(25)29)22-21(23)14(2)15(3)26-22/h11,17,26H,5,7-8,10,12-13H2,1-4H3,(H2,25,29)/t17-/m0/s1. The van der Waals surface area contributed by atoms with Crippen LogP contribution in [0.1, 0.15) is 43.0 Å². The van der Waals surface area contributed by atoms with Crippen molar-refractivity contribution in [2.45, 2.75) is 52.5 Å². The summed E-state index contributed by atoms with van der Waals surface area (Å²) < 4.78 is 15.3. The fourth-order valence-electron chi connectivity index (χ4n) is 4.20. The first-order valence-corrected chi connectivity index (χ1v) is 10.3. The van der Waals surface area contributed by atoms with Crippen molar-refractivity contribution in [3.63, 3.8) is 0 Å². The van der Waals surface area contributed by atoms with Crippen LogP contribution < -0.4 is 10.6 Å². The Morgan fingerprint density at radius 2 is 2.13 bits per heavy atom. The second kappa shape index (κ2) is 8.78. The van der Waals surface area contributed by atoms with Crippen LogP contribution in [0.5, 0.6) is 0 Å². The van der Waals surface area contributed by atoms with Gasteiger partial charge in [0.2, 0.25) is 5.91 Å². The minimum atomic E-state index is -0.500. The summed E-state index contributed by atoms with van der Waals surface area (Å²) >= 11 is 0. The van der Waals surface area contributed by atoms with E-state index in [-0.39, 0.29) is 24.2 Å². The number of primary amides is 1. The summed E-state index contributed by atoms with van der Waals surface area (Å²) in [5.74, 6) is 4.40. The van der Waals surface area contributed by atoms with Crippen molar-refractivity contribution in [3.05, 3.63) is 28.7 Å². The van der Waals surface area contributed by atoms with Gasteiger partial charge >= 0.3 is 0 Å². The molecule has 7 heteroatoms. The molecule has 2 heterocycles. The summed E-state index contributed by atoms with van der Waals surface area (Å²) in [5, 5.41) is 0.782. The van der Waals surface area contributed by atoms with Gasteiger partial charge < -0.3 is 20.5 Å². The van der Waals surface area contributed by atoms with Crippen LogP contribution in [0.3, 0.4) is 0 Å². The highest BCUT2D eigenvalue weighted by atomic mass is 19.1. The third-order valence-corrected chi connectivity index (χ3v) is 5.90. The van der Waals surface area contributed by atoms with Crippen LogP contribution in [-0.4, -0.2) is 47.9 Å². The van der Waals surface area contributed by atoms with Gasteiger partial charge in [0.05, 0.1) is 17.6 Å². The predicted molar refractivity (Wildman–Crippen MR) is 117 cm³/mol. The maximum atomic E-state index is 15.3. The number of nitrogens with two attached hydrogens (primary N) is 1. The van der Waals surface area contributed by atoms with E-state index in [1.54, 1.807) is 11.9 Å². The largest absolute Gasteiger partial charge is 0.369 e. The Balaban J connectivity index is 2.01. The van der Waals surface area contributed by atoms with Gasteiger partial charge in [-0.1, -0.05) is 12.8 Å². The number of likely N-dealkylation sites (N-methyl/N-ethyl adjacent to an activating group) is 1. The number of fused-ring (bicyclic) bond motifs is 1. The molecule has 2 amide bonds. The van der Waals surface area contributed by atoms with E-state index >= 15 is 4.39 Å². The molecule has 1 aromatic heterocycles. The molecule has 3 rings (SSSR count). The number of halogens is 1. The monoisotopic (exact) mass is 412 g/mol. The first-order chi connectivity index (χ1) is 14.2. The lowest BCUT2D eigenvalue weighted by Crippen LogP contribution is -2.48. The Morgan fingerprint density at radius 1 is 1.40 bits per heavy atom. The van der Waals surface area contributed by atoms with Crippen LogP contribution in [-0.2, 0) is 16.0 Å². The molecule has 6 nitrogen and oxygen atoms in total. The van der Waals surface area contributed by atoms with E-state index in [1.807, 2.05) is 25.7 Å². The van der Waals surface area contributed by atoms with Crippen LogP contribution in [0.25, 0.3) is 10.9 Å². The number of nitrogens with one attached hydrogen (secondary N) is 1. The topological polar surface area (TPSA) is 82.4 Å². The maximum Gasteiger partial charge on any atom is 0.298 e. The van der Waals surface area contributed by atoms with Gasteiger partial charge in [-0.15, -0.1) is 0 Å². The van der Waals surface area contributed by atoms with Gasteiger partial charge in [-0.3, -0.25) is 9.59 Å². The molecule has 0 unspecified atom stereocenters. The highest BCUT2D eigenvalue weighted by Crippen LogP contribution is 2.37. The summed E-state index contributed by atoms with van der Waals surface area (Å²) in [6.07, 6.45) is 2.30. The summed E-state index contributed by atoms with van der Waals surface area (Å²) in [6, 6.07) is 1.36. The quantitative estimate of drug-likeness (QED) is 0.758. The van der Waals surface area contributed by atoms with E-state index in [2.05, 4.69) is 16.8 Å². The number of benzene rings is 1. The molecule has 0 radical (unpaired) electrons. The number of aryl methyl sites for hydroxylation is 2. The van der Waals surface area contributed by atoms with Gasteiger partial charge in [-0.05, 0) is 49.8 Å². The van der Waals surface area contributed by atoms with Gasteiger partial charge in [0.15, 0.2) is 0 Å². The number of carbonyl (C=O) groups excluding carboxylic acids is 2. The zero-order valence-corrected chi connectivity index (χ0v) is 18.1. The van der Waals surface area contributed by atoms with Gasteiger partial charge in [-0.25, -0.2) is 4.39 Å². The third-order valence-electron chi connectivity index (χ3n) is 5.90. The molecule has 2 aromatic rings. The zero-order valence-electron chi connectivity index (χ0n) is 18.1. The molecule has 160 valence electrons. The molecule has 0 aliphatic carbocycles. The molecule has 1 fully saturated rings. The molecule has 0 saturated carbocycles. The molecule has 0 spiro atoms. The fourth-order valence-corrected chi connectivity index (χ4v) is 4.20. The van der Waals surface area contributed by atoms with E-state index in [1.165, 1.54) is 6.07 Å². The lowest BCUT2D eigenvalue weighted by Gasteiger charge is -2.38. The summed E-state index contributed by atoms with van der Waals surface area (Å²) in [7, 11) is 1.76. The average Bonchev–Trinajstić information content (AvgIpc) is 3.00. The molecule has 1 saturated heterocycles. The number of aromatic nitrogens is 1. The van der Waals surface area contributed by atoms with Crippen LogP contribution >= 0.6 is 0 Å². The number of hydrogen-bond donors (Lipinski definition) is 2. The van der Waals surface area contributed by atoms with Crippen molar-refractivity contribution in [2.75, 3.05) is 25.0 Å². The lowest BCUT2D eigenvalue weighted by molar-refractivity contribution is -0.126. The number of carbonyl (C=O) groups is 2. The Hall–Kier alpha value is -3.01. The van der Waals surface area contributed by atoms with E-state index in [4.69, 9.17) is 5.73 Å². The number of nitrogens with zero attached hydrogens (tertiary/aromatic N) is 2. The van der Waals surface area contributed by atoms with Crippen molar-refractivity contribution >= 4 is 28.4 Å². The number of rotatable bonds is 4. The van der Waals surface area contributed by atoms with E-state index in [0.717, 1.165) is 35.0 Å². The molecule has 1 atom stereocenters. The molecular formula is C23H29FN4O2. The molecule has 3 N–H and O–H groups in total. The molecular weight excluding hydrogens is 383 g/mol. The summed E-state index contributed by atoms with van der Waals surface area (Å²) in [6.45, 7) is 7.01. The molecule has 1 aliphatic heterocycles. The summed E-state index contributed by atoms with van der Waals surface area (Å²) in [5.41, 5.74) is 9.08. The first-order valence-electron chi connectivity index (χ1n) is 10.3. The molecule has 1 aliphatic rings. The number of anilines is 1. The number of piperidine rings is 1. The van der Waals surface area contributed by atoms with Crippen LogP contribution in [0, 0.1) is 31.5 Å². The second-order valence-electron chi connectivity index (χ2n) is 7.95. The molecule has 0 bridgehead atoms. The predicted octanol–water partition coefficient (Wildman–Crippen LogP) is 2.79. The zero-order chi connectivity index (χ0) is 22.0. The van der Waals surface area contributed by atoms with Crippen LogP contribution in [0.4, 0.5) is 10.1 Å². The van der Waals surface area contributed by atoms with Crippen molar-refractivity contribution in [1.29, 1.82) is 0 Å². The van der Waals surface area contributed by atoms with Crippen molar-refractivity contribution in [3.8, 4) is 11.8 Å². The minimum absolute atomic E-state index is 0.0247. The van der Waals surface area contributed by atoms with Gasteiger partial charge in [0.1, 0.15) is 5.82 Å². The highest BCUT2D eigenvalue weighted by molar-refractivity contribution is 6.00. The van der Waals surface area contributed by atoms with Crippen molar-refractivity contribution in [1.82, 2.24) is 9.88 Å². The van der Waals surface area contributed by atoms with Gasteiger partial charge in [-0.2, -0.15) is 0 Å². The Morgan fingerprint density at radius 3 is 2.80 bits per heavy atom. The van der Waals surface area contributed by atoms with Crippen molar-refractivity contribution in [2.24, 2.45) is 5.73 Å². The highest BCUT2D eigenvalue weighted by Gasteiger charge is 2.29. The second-order valence-corrected chi connectivity index (χ2v) is 7.95. The Kier molecular flexibility index (Phi) is 6.35. The number of hydrogen-bond acceptors (Lipinski definition) is 3. The normalized spacial score (nSPS) is 16.3. The lowest BCUT2D eigenvalue weighted by atomic mass is 9.99. The van der Waals surface area contributed by atoms with E-state index < -0.39 is 5.91 Å². The molecule has 30 heavy (non-hydrogen) atoms. The van der Waals surface area contributed by atoms with E-state index in [9.17, 15) is 9.59 Å². The third kappa shape index (κ3) is 4.13. The average molecular weight is 413 g/mol. The Bertz CT molecular complexity index is 1050. The first kappa shape index (κ1) is 21.7. The van der Waals surface area contributed by atoms with Crippen molar-refractivity contribution < 1.29 is 14.0 Å². The molecule has 1 aromatic carbocycles. The summed E-state index contributed by atoms with van der Waals surface area (Å²) in [4.78, 5) is 30.8.